The minimum absolute atomic E-state index is 0.188. The van der Waals surface area contributed by atoms with Crippen molar-refractivity contribution in [2.24, 2.45) is 5.92 Å². The Balaban J connectivity index is 1.48. The van der Waals surface area contributed by atoms with Crippen LogP contribution in [0.5, 0.6) is 0 Å². The van der Waals surface area contributed by atoms with Gasteiger partial charge in [0, 0.05) is 43.8 Å². The fourth-order valence-electron chi connectivity index (χ4n) is 3.83. The molecule has 0 spiro atoms. The minimum Gasteiger partial charge on any atom is -0.352 e. The molecule has 0 aromatic carbocycles. The molecule has 1 aromatic rings. The molecule has 1 aromatic heterocycles. The minimum atomic E-state index is 0.188. The van der Waals surface area contributed by atoms with Crippen LogP contribution < -0.4 is 5.32 Å². The van der Waals surface area contributed by atoms with Gasteiger partial charge in [0.1, 0.15) is 0 Å². The average molecular weight is 332 g/mol. The van der Waals surface area contributed by atoms with E-state index in [9.17, 15) is 4.79 Å². The van der Waals surface area contributed by atoms with Crippen LogP contribution in [0.3, 0.4) is 0 Å². The maximum atomic E-state index is 12.3. The van der Waals surface area contributed by atoms with E-state index in [0.29, 0.717) is 18.4 Å². The molecule has 134 valence electrons. The van der Waals surface area contributed by atoms with E-state index in [-0.39, 0.29) is 5.91 Å². The number of aryl methyl sites for hydroxylation is 1. The molecule has 2 heterocycles. The van der Waals surface area contributed by atoms with Gasteiger partial charge in [-0.3, -0.25) is 14.4 Å². The molecule has 1 saturated carbocycles. The molecule has 3 rings (SSSR count). The lowest BCUT2D eigenvalue weighted by atomic mass is 10.1. The summed E-state index contributed by atoms with van der Waals surface area (Å²) >= 11 is 0. The van der Waals surface area contributed by atoms with Crippen LogP contribution in [0, 0.1) is 19.8 Å². The quantitative estimate of drug-likeness (QED) is 0.834. The highest BCUT2D eigenvalue weighted by Crippen LogP contribution is 2.29. The summed E-state index contributed by atoms with van der Waals surface area (Å²) in [6, 6.07) is 1.16. The number of amides is 1. The lowest BCUT2D eigenvalue weighted by molar-refractivity contribution is -0.121. The Hall–Kier alpha value is -1.36. The molecule has 0 unspecified atom stereocenters. The van der Waals surface area contributed by atoms with Crippen molar-refractivity contribution in [1.29, 1.82) is 0 Å². The van der Waals surface area contributed by atoms with Gasteiger partial charge in [-0.15, -0.1) is 0 Å². The Morgan fingerprint density at radius 1 is 1.29 bits per heavy atom. The lowest BCUT2D eigenvalue weighted by Gasteiger charge is -2.15. The van der Waals surface area contributed by atoms with Gasteiger partial charge in [-0.2, -0.15) is 5.10 Å². The van der Waals surface area contributed by atoms with E-state index >= 15 is 0 Å². The topological polar surface area (TPSA) is 50.2 Å². The maximum Gasteiger partial charge on any atom is 0.220 e. The second kappa shape index (κ2) is 7.26. The van der Waals surface area contributed by atoms with Crippen molar-refractivity contribution in [2.75, 3.05) is 13.1 Å². The van der Waals surface area contributed by atoms with E-state index in [1.165, 1.54) is 24.1 Å². The van der Waals surface area contributed by atoms with Crippen LogP contribution >= 0.6 is 0 Å². The summed E-state index contributed by atoms with van der Waals surface area (Å²) in [5.41, 5.74) is 3.54. The third kappa shape index (κ3) is 4.18. The second-order valence-electron chi connectivity index (χ2n) is 8.00. The zero-order chi connectivity index (χ0) is 17.3. The fourth-order valence-corrected chi connectivity index (χ4v) is 3.83. The van der Waals surface area contributed by atoms with Crippen molar-refractivity contribution in [1.82, 2.24) is 20.0 Å². The van der Waals surface area contributed by atoms with Crippen LogP contribution in [0.25, 0.3) is 0 Å². The molecule has 0 bridgehead atoms. The van der Waals surface area contributed by atoms with E-state index < -0.39 is 0 Å². The van der Waals surface area contributed by atoms with Gasteiger partial charge in [0.25, 0.3) is 0 Å². The summed E-state index contributed by atoms with van der Waals surface area (Å²) in [6.45, 7) is 11.7. The Morgan fingerprint density at radius 3 is 2.71 bits per heavy atom. The summed E-state index contributed by atoms with van der Waals surface area (Å²) < 4.78 is 2.09. The van der Waals surface area contributed by atoms with Gasteiger partial charge in [-0.05, 0) is 51.0 Å². The van der Waals surface area contributed by atoms with Crippen molar-refractivity contribution >= 4 is 5.91 Å². The van der Waals surface area contributed by atoms with Crippen LogP contribution in [0.2, 0.25) is 0 Å². The first-order chi connectivity index (χ1) is 11.4. The number of nitrogens with one attached hydrogen (secondary N) is 1. The van der Waals surface area contributed by atoms with Gasteiger partial charge < -0.3 is 5.32 Å². The SMILES string of the molecule is Cc1nn(CC(C)C)c(C)c1CCC(=O)N[C@@H]1CCN(C2CC2)C1. The lowest BCUT2D eigenvalue weighted by Crippen LogP contribution is -2.37. The predicted octanol–water partition coefficient (Wildman–Crippen LogP) is 2.44. The van der Waals surface area contributed by atoms with E-state index in [1.807, 2.05) is 0 Å². The number of likely N-dealkylation sites (tertiary alicyclic amines) is 1. The molecule has 1 atom stereocenters. The first-order valence-corrected chi connectivity index (χ1v) is 9.50. The summed E-state index contributed by atoms with van der Waals surface area (Å²) in [7, 11) is 0. The Bertz CT molecular complexity index is 588. The number of rotatable bonds is 7. The van der Waals surface area contributed by atoms with Gasteiger partial charge in [0.05, 0.1) is 5.69 Å². The third-order valence-electron chi connectivity index (χ3n) is 5.32. The van der Waals surface area contributed by atoms with Crippen molar-refractivity contribution in [3.8, 4) is 0 Å². The van der Waals surface area contributed by atoms with E-state index in [2.05, 4.69) is 47.7 Å². The highest BCUT2D eigenvalue weighted by molar-refractivity contribution is 5.76. The Labute approximate surface area is 145 Å². The van der Waals surface area contributed by atoms with E-state index in [1.54, 1.807) is 0 Å². The van der Waals surface area contributed by atoms with Crippen LogP contribution in [-0.2, 0) is 17.8 Å². The number of carbonyl (C=O) groups excluding carboxylic acids is 1. The average Bonchev–Trinajstić information content (AvgIpc) is 3.20. The molecule has 2 aliphatic rings. The molecule has 1 amide bonds. The van der Waals surface area contributed by atoms with Crippen molar-refractivity contribution in [2.45, 2.75) is 78.4 Å². The molecule has 1 aliphatic carbocycles. The molecule has 2 fully saturated rings. The van der Waals surface area contributed by atoms with Crippen LogP contribution in [-0.4, -0.2) is 45.8 Å². The molecule has 1 aliphatic heterocycles. The highest BCUT2D eigenvalue weighted by Gasteiger charge is 2.34. The highest BCUT2D eigenvalue weighted by atomic mass is 16.1. The third-order valence-corrected chi connectivity index (χ3v) is 5.32. The first-order valence-electron chi connectivity index (χ1n) is 9.50. The molecule has 1 saturated heterocycles. The standard InChI is InChI=1S/C19H32N4O/c1-13(2)11-23-15(4)18(14(3)21-23)7-8-19(24)20-16-9-10-22(12-16)17-5-6-17/h13,16-17H,5-12H2,1-4H3,(H,20,24)/t16-/m1/s1. The fraction of sp³-hybridized carbons (Fsp3) is 0.789. The molecule has 1 N–H and O–H groups in total. The van der Waals surface area contributed by atoms with Gasteiger partial charge in [0.15, 0.2) is 0 Å². The smallest absolute Gasteiger partial charge is 0.220 e. The zero-order valence-corrected chi connectivity index (χ0v) is 15.6. The molecule has 5 heteroatoms. The normalized spacial score (nSPS) is 21.6. The summed E-state index contributed by atoms with van der Waals surface area (Å²) in [4.78, 5) is 14.9. The summed E-state index contributed by atoms with van der Waals surface area (Å²) in [6.07, 6.45) is 5.15. The molecular weight excluding hydrogens is 300 g/mol. The molecule has 5 nitrogen and oxygen atoms in total. The zero-order valence-electron chi connectivity index (χ0n) is 15.6. The molecular formula is C19H32N4O. The monoisotopic (exact) mass is 332 g/mol. The number of hydrogen-bond donors (Lipinski definition) is 1. The van der Waals surface area contributed by atoms with Gasteiger partial charge in [0.2, 0.25) is 5.91 Å². The number of nitrogens with zero attached hydrogens (tertiary/aromatic N) is 3. The first kappa shape index (κ1) is 17.5. The van der Waals surface area contributed by atoms with Gasteiger partial charge in [-0.1, -0.05) is 13.8 Å². The number of aromatic nitrogens is 2. The number of carbonyl (C=O) groups is 1. The van der Waals surface area contributed by atoms with E-state index in [0.717, 1.165) is 44.2 Å². The summed E-state index contributed by atoms with van der Waals surface area (Å²) in [5, 5.41) is 7.88. The Morgan fingerprint density at radius 2 is 2.04 bits per heavy atom. The number of hydrogen-bond acceptors (Lipinski definition) is 3. The van der Waals surface area contributed by atoms with Crippen molar-refractivity contribution < 1.29 is 4.79 Å². The maximum absolute atomic E-state index is 12.3. The second-order valence-corrected chi connectivity index (χ2v) is 8.00. The van der Waals surface area contributed by atoms with Gasteiger partial charge >= 0.3 is 0 Å². The molecule has 0 radical (unpaired) electrons. The largest absolute Gasteiger partial charge is 0.352 e. The van der Waals surface area contributed by atoms with Gasteiger partial charge in [-0.25, -0.2) is 0 Å². The van der Waals surface area contributed by atoms with Crippen molar-refractivity contribution in [3.63, 3.8) is 0 Å². The van der Waals surface area contributed by atoms with Crippen LogP contribution in [0.1, 0.15) is 56.5 Å². The summed E-state index contributed by atoms with van der Waals surface area (Å²) in [5.74, 6) is 0.768. The predicted molar refractivity (Wildman–Crippen MR) is 96.0 cm³/mol. The molecule has 24 heavy (non-hydrogen) atoms. The Kier molecular flexibility index (Phi) is 5.28. The van der Waals surface area contributed by atoms with Crippen molar-refractivity contribution in [3.05, 3.63) is 17.0 Å². The van der Waals surface area contributed by atoms with Crippen LogP contribution in [0.15, 0.2) is 0 Å². The van der Waals surface area contributed by atoms with Crippen LogP contribution in [0.4, 0.5) is 0 Å². The van der Waals surface area contributed by atoms with E-state index in [4.69, 9.17) is 0 Å².